The number of aryl methyl sites for hydroxylation is 1. The molecule has 0 fully saturated rings. The lowest BCUT2D eigenvalue weighted by molar-refractivity contribution is 0.332. The van der Waals surface area contributed by atoms with E-state index in [0.717, 1.165) is 0 Å². The summed E-state index contributed by atoms with van der Waals surface area (Å²) in [5.41, 5.74) is 16.7. The Bertz CT molecular complexity index is 2600. The SMILES string of the molecule is Cc1cc2c3c(c1)N(c1ccc(C(C)(C)C)cc1)c1c(sc4cc5c(cc14)C(C)(C)CCC5(C)C)B3c1cc([Si](C)(C)C)ccc1N2c1ccc([Si](C)(C)C)cc1. The van der Waals surface area contributed by atoms with Crippen molar-refractivity contribution in [3.05, 3.63) is 113 Å². The van der Waals surface area contributed by atoms with E-state index >= 15 is 0 Å². The van der Waals surface area contributed by atoms with Gasteiger partial charge in [0.25, 0.3) is 6.71 Å². The van der Waals surface area contributed by atoms with E-state index in [-0.39, 0.29) is 23.0 Å². The summed E-state index contributed by atoms with van der Waals surface area (Å²) in [4.78, 5) is 5.26. The van der Waals surface area contributed by atoms with E-state index in [0.29, 0.717) is 0 Å². The number of fused-ring (bicyclic) bond motifs is 7. The number of nitrogens with zero attached hydrogens (tertiary/aromatic N) is 2. The molecule has 0 atom stereocenters. The standard InChI is InChI=1S/C51H61BN2SSi2/c1-32-27-43-46-44(28-32)54(35-17-15-33(16-18-35)49(2,3)4)47-38-30-39-40(51(7,8)26-25-50(39,5)6)31-45(38)55-48(47)52(46)41-29-37(57(12,13)14)23-24-42(41)53(43)34-19-21-36(22-20-34)56(9,10)11/h15-24,27-31H,25-26H2,1-14H3. The Balaban J connectivity index is 1.39. The molecule has 0 saturated heterocycles. The van der Waals surface area contributed by atoms with Crippen LogP contribution < -0.4 is 35.9 Å². The molecule has 0 amide bonds. The molecule has 6 aromatic rings. The predicted molar refractivity (Wildman–Crippen MR) is 261 cm³/mol. The highest BCUT2D eigenvalue weighted by Gasteiger charge is 2.47. The molecule has 2 nitrogen and oxygen atoms in total. The molecule has 6 heteroatoms. The predicted octanol–water partition coefficient (Wildman–Crippen LogP) is 12.0. The third-order valence-corrected chi connectivity index (χ3v) is 18.9. The van der Waals surface area contributed by atoms with Gasteiger partial charge in [-0.3, -0.25) is 0 Å². The third kappa shape index (κ3) is 6.14. The maximum Gasteiger partial charge on any atom is 0.264 e. The molecular formula is C51H61BN2SSi2. The van der Waals surface area contributed by atoms with Crippen LogP contribution in [-0.2, 0) is 16.2 Å². The topological polar surface area (TPSA) is 6.48 Å². The fourth-order valence-electron chi connectivity index (χ4n) is 9.92. The second-order valence-corrected chi connectivity index (χ2v) is 33.2. The lowest BCUT2D eigenvalue weighted by Gasteiger charge is -2.44. The van der Waals surface area contributed by atoms with E-state index in [4.69, 9.17) is 0 Å². The van der Waals surface area contributed by atoms with E-state index < -0.39 is 16.1 Å². The molecule has 5 aromatic carbocycles. The fraction of sp³-hybridized carbons (Fsp3) is 0.373. The first-order valence-electron chi connectivity index (χ1n) is 21.3. The third-order valence-electron chi connectivity index (χ3n) is 13.6. The molecule has 0 spiro atoms. The maximum atomic E-state index is 2.66. The second kappa shape index (κ2) is 12.6. The monoisotopic (exact) mass is 800 g/mol. The Morgan fingerprint density at radius 2 is 1.14 bits per heavy atom. The van der Waals surface area contributed by atoms with Crippen molar-refractivity contribution in [1.29, 1.82) is 0 Å². The van der Waals surface area contributed by atoms with Crippen LogP contribution >= 0.6 is 11.3 Å². The van der Waals surface area contributed by atoms with Gasteiger partial charge in [-0.1, -0.05) is 135 Å². The summed E-state index contributed by atoms with van der Waals surface area (Å²) in [5.74, 6) is 0. The molecule has 0 bridgehead atoms. The lowest BCUT2D eigenvalue weighted by atomic mass is 9.36. The quantitative estimate of drug-likeness (QED) is 0.164. The van der Waals surface area contributed by atoms with Gasteiger partial charge >= 0.3 is 0 Å². The number of anilines is 6. The summed E-state index contributed by atoms with van der Waals surface area (Å²) in [6.07, 6.45) is 2.42. The molecule has 3 heterocycles. The van der Waals surface area contributed by atoms with Crippen LogP contribution in [0.4, 0.5) is 34.1 Å². The van der Waals surface area contributed by atoms with Crippen molar-refractivity contribution in [2.75, 3.05) is 9.80 Å². The summed E-state index contributed by atoms with van der Waals surface area (Å²) in [5, 5.41) is 4.42. The van der Waals surface area contributed by atoms with Crippen LogP contribution in [-0.4, -0.2) is 22.9 Å². The van der Waals surface area contributed by atoms with Crippen molar-refractivity contribution >= 4 is 104 Å². The minimum absolute atomic E-state index is 0.0784. The van der Waals surface area contributed by atoms with Crippen LogP contribution in [0.5, 0.6) is 0 Å². The minimum atomic E-state index is -1.64. The van der Waals surface area contributed by atoms with Crippen LogP contribution in [0.25, 0.3) is 10.1 Å². The van der Waals surface area contributed by atoms with Gasteiger partial charge in [0.15, 0.2) is 0 Å². The summed E-state index contributed by atoms with van der Waals surface area (Å²) in [6, 6.07) is 36.9. The molecule has 292 valence electrons. The van der Waals surface area contributed by atoms with Crippen molar-refractivity contribution in [1.82, 2.24) is 0 Å². The molecule has 1 aromatic heterocycles. The Morgan fingerprint density at radius 1 is 0.614 bits per heavy atom. The molecule has 2 aliphatic heterocycles. The van der Waals surface area contributed by atoms with Gasteiger partial charge in [-0.2, -0.15) is 0 Å². The number of rotatable bonds is 4. The van der Waals surface area contributed by atoms with Gasteiger partial charge in [-0.25, -0.2) is 0 Å². The van der Waals surface area contributed by atoms with E-state index in [2.05, 4.69) is 207 Å². The maximum absolute atomic E-state index is 2.66. The Labute approximate surface area is 349 Å². The van der Waals surface area contributed by atoms with Crippen molar-refractivity contribution in [3.8, 4) is 0 Å². The van der Waals surface area contributed by atoms with Crippen molar-refractivity contribution in [2.24, 2.45) is 0 Å². The van der Waals surface area contributed by atoms with Crippen LogP contribution in [0.15, 0.2) is 91.0 Å². The molecule has 1 aliphatic carbocycles. The van der Waals surface area contributed by atoms with E-state index in [1.54, 1.807) is 0 Å². The molecule has 0 N–H and O–H groups in total. The van der Waals surface area contributed by atoms with E-state index in [1.165, 1.54) is 105 Å². The van der Waals surface area contributed by atoms with Gasteiger partial charge in [0.1, 0.15) is 0 Å². The summed E-state index contributed by atoms with van der Waals surface area (Å²) in [7, 11) is -3.11. The van der Waals surface area contributed by atoms with Gasteiger partial charge < -0.3 is 9.80 Å². The summed E-state index contributed by atoms with van der Waals surface area (Å²) >= 11 is 2.06. The molecule has 9 rings (SSSR count). The highest BCUT2D eigenvalue weighted by Crippen LogP contribution is 2.52. The molecule has 3 aliphatic rings. The van der Waals surface area contributed by atoms with Crippen LogP contribution in [0.2, 0.25) is 39.3 Å². The smallest absolute Gasteiger partial charge is 0.264 e. The highest BCUT2D eigenvalue weighted by molar-refractivity contribution is 7.33. The first-order chi connectivity index (χ1) is 26.5. The van der Waals surface area contributed by atoms with Gasteiger partial charge in [0.05, 0.1) is 21.8 Å². The highest BCUT2D eigenvalue weighted by atomic mass is 32.1. The molecule has 57 heavy (non-hydrogen) atoms. The normalized spacial score (nSPS) is 17.0. The van der Waals surface area contributed by atoms with Crippen molar-refractivity contribution in [2.45, 2.75) is 124 Å². The zero-order chi connectivity index (χ0) is 40.8. The molecule has 0 saturated carbocycles. The molecule has 0 radical (unpaired) electrons. The first-order valence-corrected chi connectivity index (χ1v) is 29.1. The average Bonchev–Trinajstić information content (AvgIpc) is 3.50. The number of thiophene rings is 1. The zero-order valence-corrected chi connectivity index (χ0v) is 39.8. The Morgan fingerprint density at radius 3 is 1.72 bits per heavy atom. The number of hydrogen-bond donors (Lipinski definition) is 0. The summed E-state index contributed by atoms with van der Waals surface area (Å²) < 4.78 is 2.89. The van der Waals surface area contributed by atoms with Crippen LogP contribution in [0, 0.1) is 6.92 Å². The first kappa shape index (κ1) is 38.7. The van der Waals surface area contributed by atoms with E-state index in [9.17, 15) is 0 Å². The molecular weight excluding hydrogens is 740 g/mol. The zero-order valence-electron chi connectivity index (χ0n) is 37.0. The van der Waals surface area contributed by atoms with Gasteiger partial charge in [0.2, 0.25) is 0 Å². The van der Waals surface area contributed by atoms with Crippen LogP contribution in [0.3, 0.4) is 0 Å². The van der Waals surface area contributed by atoms with Crippen molar-refractivity contribution in [3.63, 3.8) is 0 Å². The lowest BCUT2D eigenvalue weighted by Crippen LogP contribution is -2.61. The van der Waals surface area contributed by atoms with Crippen molar-refractivity contribution < 1.29 is 0 Å². The second-order valence-electron chi connectivity index (χ2n) is 21.9. The summed E-state index contributed by atoms with van der Waals surface area (Å²) in [6.45, 7) is 34.1. The van der Waals surface area contributed by atoms with E-state index in [1.807, 2.05) is 0 Å². The fourth-order valence-corrected chi connectivity index (χ4v) is 13.6. The van der Waals surface area contributed by atoms with Gasteiger partial charge in [0, 0.05) is 43.3 Å². The Hall–Kier alpha value is -3.84. The number of hydrogen-bond acceptors (Lipinski definition) is 3. The largest absolute Gasteiger partial charge is 0.311 e. The van der Waals surface area contributed by atoms with Gasteiger partial charge in [-0.15, -0.1) is 11.3 Å². The molecule has 0 unspecified atom stereocenters. The van der Waals surface area contributed by atoms with Gasteiger partial charge in [-0.05, 0) is 124 Å². The minimum Gasteiger partial charge on any atom is -0.311 e. The van der Waals surface area contributed by atoms with Crippen LogP contribution in [0.1, 0.15) is 83.6 Å². The number of benzene rings is 5. The average molecular weight is 801 g/mol. The Kier molecular flexibility index (Phi) is 8.54.